The average Bonchev–Trinajstić information content (AvgIpc) is 1.82. The van der Waals surface area contributed by atoms with E-state index in [1.165, 1.54) is 159 Å². The molecule has 24 nitrogen and oxygen atoms in total. The molecule has 0 aliphatic rings. The zero-order valence-corrected chi connectivity index (χ0v) is 65.6. The van der Waals surface area contributed by atoms with Gasteiger partial charge in [0.2, 0.25) is 0 Å². The molecule has 0 saturated heterocycles. The fourth-order valence-electron chi connectivity index (χ4n) is 8.04. The number of methoxy groups -OCH3 is 11. The van der Waals surface area contributed by atoms with Gasteiger partial charge in [0, 0.05) is 47.7 Å². The number of thiophene rings is 2. The molecule has 2 aromatic heterocycles. The van der Waals surface area contributed by atoms with Crippen LogP contribution in [-0.4, -0.2) is 132 Å². The number of aryl methyl sites for hydroxylation is 6. The summed E-state index contributed by atoms with van der Waals surface area (Å²) in [6.45, 7) is 11.5. The highest BCUT2D eigenvalue weighted by atomic mass is 32.1. The summed E-state index contributed by atoms with van der Waals surface area (Å²) in [4.78, 5) is 77.6. The molecule has 8 aromatic carbocycles. The third-order valence-corrected chi connectivity index (χ3v) is 15.8. The van der Waals surface area contributed by atoms with Crippen LogP contribution >= 0.6 is 22.7 Å². The highest BCUT2D eigenvalue weighted by Gasteiger charge is 2.13. The van der Waals surface area contributed by atoms with Crippen LogP contribution in [0.1, 0.15) is 82.4 Å². The number of benzene rings is 8. The monoisotopic (exact) mass is 1550 g/mol. The van der Waals surface area contributed by atoms with E-state index in [1.807, 2.05) is 97.1 Å². The Labute approximate surface area is 640 Å². The first-order valence-corrected chi connectivity index (χ1v) is 33.8. The second kappa shape index (κ2) is 52.5. The van der Waals surface area contributed by atoms with Crippen LogP contribution in [0.25, 0.3) is 0 Å². The molecular formula is C80H91F3N4O20S2. The number of nitro benzene ring substituents is 2. The number of carbonyl (C=O) groups is 5. The lowest BCUT2D eigenvalue weighted by Crippen LogP contribution is -2.00. The minimum absolute atomic E-state index is 0.0161. The molecule has 0 bridgehead atoms. The van der Waals surface area contributed by atoms with Crippen molar-refractivity contribution in [2.24, 2.45) is 0 Å². The van der Waals surface area contributed by atoms with Gasteiger partial charge < -0.3 is 62.7 Å². The Hall–Kier alpha value is -12.5. The predicted molar refractivity (Wildman–Crippen MR) is 417 cm³/mol. The Morgan fingerprint density at radius 3 is 1.12 bits per heavy atom. The van der Waals surface area contributed by atoms with Crippen LogP contribution in [-0.2, 0) is 23.7 Å². The van der Waals surface area contributed by atoms with E-state index in [9.17, 15) is 57.4 Å². The largest absolute Gasteiger partial charge is 0.497 e. The number of esters is 5. The molecule has 2 N–H and O–H groups in total. The normalized spacial score (nSPS) is 9.34. The molecule has 10 aromatic rings. The summed E-state index contributed by atoms with van der Waals surface area (Å²) >= 11 is 2.89. The number of nitrogens with one attached hydrogen (secondary N) is 2. The number of nitrogens with zero attached hydrogens (tertiary/aromatic N) is 2. The molecule has 0 fully saturated rings. The number of carbonyl (C=O) groups excluding carboxylic acids is 5. The van der Waals surface area contributed by atoms with Crippen molar-refractivity contribution >= 4 is 75.3 Å². The summed E-state index contributed by atoms with van der Waals surface area (Å²) in [5.74, 6) is 1.04. The summed E-state index contributed by atoms with van der Waals surface area (Å²) in [7, 11) is 19.6. The van der Waals surface area contributed by atoms with E-state index >= 15 is 0 Å². The summed E-state index contributed by atoms with van der Waals surface area (Å²) in [5.41, 5.74) is 7.29. The van der Waals surface area contributed by atoms with Gasteiger partial charge in [-0.3, -0.25) is 20.2 Å². The Bertz CT molecular complexity index is 4320. The maximum Gasteiger partial charge on any atom is 0.348 e. The lowest BCUT2D eigenvalue weighted by Gasteiger charge is -2.05. The van der Waals surface area contributed by atoms with Crippen LogP contribution in [0.15, 0.2) is 194 Å². The van der Waals surface area contributed by atoms with Crippen molar-refractivity contribution in [2.45, 2.75) is 41.5 Å². The average molecular weight is 1550 g/mol. The van der Waals surface area contributed by atoms with Gasteiger partial charge in [-0.05, 0) is 180 Å². The van der Waals surface area contributed by atoms with Crippen LogP contribution < -0.4 is 39.1 Å². The summed E-state index contributed by atoms with van der Waals surface area (Å²) in [6.07, 6.45) is 0. The van der Waals surface area contributed by atoms with Gasteiger partial charge in [0.05, 0.1) is 123 Å². The quantitative estimate of drug-likeness (QED) is 0.0417. The maximum absolute atomic E-state index is 12.5. The molecule has 584 valence electrons. The fraction of sp³-hybridized carbons (Fsp3) is 0.237. The third-order valence-electron chi connectivity index (χ3n) is 13.9. The van der Waals surface area contributed by atoms with Crippen LogP contribution in [0.3, 0.4) is 0 Å². The maximum atomic E-state index is 12.5. The van der Waals surface area contributed by atoms with Crippen molar-refractivity contribution in [3.05, 3.63) is 290 Å². The van der Waals surface area contributed by atoms with Gasteiger partial charge in [-0.15, -0.1) is 22.7 Å². The van der Waals surface area contributed by atoms with Gasteiger partial charge in [0.1, 0.15) is 50.2 Å². The van der Waals surface area contributed by atoms with Gasteiger partial charge in [-0.1, -0.05) is 48.0 Å². The predicted octanol–water partition coefficient (Wildman–Crippen LogP) is 18.1. The van der Waals surface area contributed by atoms with Crippen molar-refractivity contribution in [1.29, 1.82) is 0 Å². The second-order valence-electron chi connectivity index (χ2n) is 21.4. The first kappa shape index (κ1) is 94.5. The minimum atomic E-state index is -0.524. The Balaban J connectivity index is 0.000000606. The van der Waals surface area contributed by atoms with Gasteiger partial charge in [-0.2, -0.15) is 0 Å². The highest BCUT2D eigenvalue weighted by Crippen LogP contribution is 2.31. The fourth-order valence-corrected chi connectivity index (χ4v) is 9.62. The van der Waals surface area contributed by atoms with Crippen LogP contribution in [0.5, 0.6) is 34.5 Å². The molecule has 0 aliphatic carbocycles. The molecule has 0 atom stereocenters. The molecule has 2 heterocycles. The SMILES string of the molecule is CNc1cc(F)ccc1C.CNc1ccccc1OC.COC(=O)c1ccc(C)cc1.COC(=O)c1ccc(C)s1.COC(=O)c1ccc(C)s1.COC(=O)c1ccc(OC)cc1.COC(=O)c1cccc(F)c1.COc1cc(F)ccc1C.COc1cc([N+](=O)[O-])ccc1C.COc1ccc([N+](=O)[O-])cc1OC. The molecule has 10 rings (SSSR count). The summed E-state index contributed by atoms with van der Waals surface area (Å²) in [5, 5.41) is 26.6. The number of ether oxygens (including phenoxy) is 11. The zero-order chi connectivity index (χ0) is 82.1. The first-order valence-electron chi connectivity index (χ1n) is 32.1. The molecule has 109 heavy (non-hydrogen) atoms. The standard InChI is InChI=1S/C9H10O3.C9H10O2.C8H10FN.C8H7FO2.C8H9FO.C8H9NO4.C8H9NO3.C8H11NO.2C7H8O2S/c1-11-8-5-3-7(4-6-8)9(10)12-2;1-7-3-5-8(6-4-7)9(10)11-2;1-6-3-4-7(9)5-8(6)10-2;1-11-8(10)6-3-2-4-7(9)5-6;1-6-3-4-7(9)5-8(6)10-2;1-12-7-4-3-6(9(10)11)5-8(7)13-2;1-6-3-4-7(9(10)11)5-8(6)12-2;1-9-7-5-3-4-6-8(7)10-2;2*1-5-3-4-6(10-5)7(8)9-2/h3-6H,1-2H3;3-6H,1-2H3;3-5,10H,1-2H3;2-5H,1H3;3-5H,1-2H3;3-5H,1-2H3;3-5H,1-2H3;3-6,9H,1-2H3;2*3-4H,1-2H3. The van der Waals surface area contributed by atoms with Crippen molar-refractivity contribution < 1.29 is 99.1 Å². The van der Waals surface area contributed by atoms with E-state index in [0.29, 0.717) is 43.9 Å². The van der Waals surface area contributed by atoms with Crippen molar-refractivity contribution in [3.63, 3.8) is 0 Å². The smallest absolute Gasteiger partial charge is 0.348 e. The Morgan fingerprint density at radius 2 is 0.734 bits per heavy atom. The molecule has 0 amide bonds. The number of non-ortho nitro benzene ring substituents is 2. The summed E-state index contributed by atoms with van der Waals surface area (Å²) in [6, 6.07) is 52.4. The Morgan fingerprint density at radius 1 is 0.339 bits per heavy atom. The topological polar surface area (TPSA) is 297 Å². The first-order chi connectivity index (χ1) is 51.9. The zero-order valence-electron chi connectivity index (χ0n) is 64.0. The minimum Gasteiger partial charge on any atom is -0.497 e. The number of hydrogen-bond donors (Lipinski definition) is 2. The van der Waals surface area contributed by atoms with Crippen molar-refractivity contribution in [2.75, 3.05) is 103 Å². The number of rotatable bonds is 15. The van der Waals surface area contributed by atoms with Crippen molar-refractivity contribution in [3.8, 4) is 34.5 Å². The van der Waals surface area contributed by atoms with Gasteiger partial charge in [-0.25, -0.2) is 37.1 Å². The van der Waals surface area contributed by atoms with E-state index in [1.54, 1.807) is 88.0 Å². The van der Waals surface area contributed by atoms with Crippen LogP contribution in [0.2, 0.25) is 0 Å². The molecule has 0 saturated carbocycles. The Kier molecular flexibility index (Phi) is 45.5. The lowest BCUT2D eigenvalue weighted by atomic mass is 10.2. The van der Waals surface area contributed by atoms with Gasteiger partial charge in [0.15, 0.2) is 11.5 Å². The molecule has 0 spiro atoms. The van der Waals surface area contributed by atoms with Crippen LogP contribution in [0, 0.1) is 79.2 Å². The summed E-state index contributed by atoms with van der Waals surface area (Å²) < 4.78 is 89.5. The van der Waals surface area contributed by atoms with E-state index in [-0.39, 0.29) is 52.4 Å². The number of halogens is 3. The van der Waals surface area contributed by atoms with Crippen LogP contribution in [0.4, 0.5) is 35.9 Å². The van der Waals surface area contributed by atoms with E-state index in [4.69, 9.17) is 28.4 Å². The van der Waals surface area contributed by atoms with E-state index in [2.05, 4.69) is 34.3 Å². The van der Waals surface area contributed by atoms with E-state index < -0.39 is 21.6 Å². The van der Waals surface area contributed by atoms with Gasteiger partial charge >= 0.3 is 29.8 Å². The number of hydrogen-bond acceptors (Lipinski definition) is 24. The number of anilines is 2. The molecule has 29 heteroatoms. The molecule has 0 aliphatic heterocycles. The van der Waals surface area contributed by atoms with E-state index in [0.717, 1.165) is 60.9 Å². The third kappa shape index (κ3) is 35.9. The molecular weight excluding hydrogens is 1460 g/mol. The van der Waals surface area contributed by atoms with Gasteiger partial charge in [0.25, 0.3) is 11.4 Å². The molecule has 0 radical (unpaired) electrons. The number of para-hydroxylation sites is 2. The highest BCUT2D eigenvalue weighted by molar-refractivity contribution is 7.14. The second-order valence-corrected chi connectivity index (χ2v) is 23.9. The number of nitro groups is 2. The van der Waals surface area contributed by atoms with Crippen molar-refractivity contribution in [1.82, 2.24) is 0 Å². The lowest BCUT2D eigenvalue weighted by molar-refractivity contribution is -0.385. The molecule has 0 unspecified atom stereocenters.